The summed E-state index contributed by atoms with van der Waals surface area (Å²) in [5, 5.41) is 16.5. The third-order valence-electron chi connectivity index (χ3n) is 3.10. The molecule has 2 heterocycles. The van der Waals surface area contributed by atoms with Crippen molar-refractivity contribution in [2.45, 2.75) is 13.5 Å². The van der Waals surface area contributed by atoms with E-state index < -0.39 is 0 Å². The second-order valence-electron chi connectivity index (χ2n) is 4.50. The number of hydrogen-bond acceptors (Lipinski definition) is 4. The van der Waals surface area contributed by atoms with Gasteiger partial charge in [-0.2, -0.15) is 5.10 Å². The zero-order valence-corrected chi connectivity index (χ0v) is 10.7. The van der Waals surface area contributed by atoms with Crippen LogP contribution in [0.15, 0.2) is 17.2 Å². The largest absolute Gasteiger partial charge is 0.390 e. The topological polar surface area (TPSA) is 107 Å². The Kier molecular flexibility index (Phi) is 2.76. The number of nitrogens with one attached hydrogen (secondary N) is 3. The second kappa shape index (κ2) is 4.46. The molecule has 0 spiro atoms. The fourth-order valence-electron chi connectivity index (χ4n) is 2.35. The smallest absolute Gasteiger partial charge is 0.272 e. The number of aliphatic hydroxyl groups is 1. The third kappa shape index (κ3) is 1.84. The average molecular weight is 272 g/mol. The van der Waals surface area contributed by atoms with Gasteiger partial charge in [-0.15, -0.1) is 0 Å². The Morgan fingerprint density at radius 3 is 2.95 bits per heavy atom. The predicted octanol–water partition coefficient (Wildman–Crippen LogP) is 0.696. The first-order valence-electron chi connectivity index (χ1n) is 6.00. The minimum Gasteiger partial charge on any atom is -0.390 e. The summed E-state index contributed by atoms with van der Waals surface area (Å²) < 4.78 is 0. The zero-order chi connectivity index (χ0) is 14.3. The molecule has 20 heavy (non-hydrogen) atoms. The molecular formula is C13H12N4O3. The summed E-state index contributed by atoms with van der Waals surface area (Å²) >= 11 is 0. The summed E-state index contributed by atoms with van der Waals surface area (Å²) in [5.74, 6) is -0.586. The van der Waals surface area contributed by atoms with Gasteiger partial charge < -0.3 is 15.4 Å². The van der Waals surface area contributed by atoms with Crippen molar-refractivity contribution >= 4 is 34.6 Å². The normalized spacial score (nSPS) is 13.2. The first-order valence-corrected chi connectivity index (χ1v) is 6.00. The van der Waals surface area contributed by atoms with Crippen LogP contribution in [0.4, 0.5) is 5.69 Å². The Morgan fingerprint density at radius 2 is 2.25 bits per heavy atom. The van der Waals surface area contributed by atoms with Crippen LogP contribution >= 0.6 is 0 Å². The molecule has 7 heteroatoms. The van der Waals surface area contributed by atoms with E-state index in [-0.39, 0.29) is 18.4 Å². The highest BCUT2D eigenvalue weighted by atomic mass is 16.3. The number of benzene rings is 1. The molecule has 1 aromatic heterocycles. The minimum absolute atomic E-state index is 0.195. The molecule has 1 aliphatic rings. The number of nitrogens with zero attached hydrogens (tertiary/aromatic N) is 1. The van der Waals surface area contributed by atoms with E-state index in [1.54, 1.807) is 12.1 Å². The van der Waals surface area contributed by atoms with E-state index in [2.05, 4.69) is 20.8 Å². The predicted molar refractivity (Wildman–Crippen MR) is 73.6 cm³/mol. The van der Waals surface area contributed by atoms with E-state index in [0.717, 1.165) is 0 Å². The number of carbonyl (C=O) groups is 2. The molecule has 7 nitrogen and oxygen atoms in total. The van der Waals surface area contributed by atoms with Crippen LogP contribution in [0.5, 0.6) is 0 Å². The highest BCUT2D eigenvalue weighted by Crippen LogP contribution is 2.29. The van der Waals surface area contributed by atoms with Gasteiger partial charge in [-0.1, -0.05) is 0 Å². The van der Waals surface area contributed by atoms with Gasteiger partial charge in [0.1, 0.15) is 0 Å². The van der Waals surface area contributed by atoms with E-state index >= 15 is 0 Å². The quantitative estimate of drug-likeness (QED) is 0.646. The Hall–Kier alpha value is -2.67. The molecule has 0 saturated heterocycles. The minimum atomic E-state index is -0.360. The number of aliphatic hydroxyl groups excluding tert-OH is 1. The zero-order valence-electron chi connectivity index (χ0n) is 10.7. The van der Waals surface area contributed by atoms with Crippen LogP contribution in [0.25, 0.3) is 10.9 Å². The maximum atomic E-state index is 12.0. The molecule has 0 unspecified atom stereocenters. The molecule has 0 atom stereocenters. The molecular weight excluding hydrogens is 260 g/mol. The lowest BCUT2D eigenvalue weighted by Gasteiger charge is -2.06. The van der Waals surface area contributed by atoms with Crippen molar-refractivity contribution < 1.29 is 14.7 Å². The molecule has 102 valence electrons. The number of hydrazone groups is 1. The lowest BCUT2D eigenvalue weighted by Crippen LogP contribution is -2.17. The van der Waals surface area contributed by atoms with Gasteiger partial charge in [-0.3, -0.25) is 9.59 Å². The van der Waals surface area contributed by atoms with E-state index in [1.807, 2.05) is 0 Å². The van der Waals surface area contributed by atoms with E-state index in [9.17, 15) is 14.7 Å². The van der Waals surface area contributed by atoms with Crippen molar-refractivity contribution in [2.24, 2.45) is 5.10 Å². The second-order valence-corrected chi connectivity index (χ2v) is 4.50. The van der Waals surface area contributed by atoms with Gasteiger partial charge in [-0.05, 0) is 12.1 Å². The van der Waals surface area contributed by atoms with Gasteiger partial charge in [0.2, 0.25) is 5.91 Å². The van der Waals surface area contributed by atoms with Crippen LogP contribution in [0, 0.1) is 0 Å². The third-order valence-corrected chi connectivity index (χ3v) is 3.10. The molecule has 4 N–H and O–H groups in total. The number of aromatic nitrogens is 1. The number of H-pyrrole nitrogens is 1. The highest BCUT2D eigenvalue weighted by molar-refractivity contribution is 6.16. The summed E-state index contributed by atoms with van der Waals surface area (Å²) in [6, 6.07) is 3.31. The van der Waals surface area contributed by atoms with Crippen molar-refractivity contribution in [3.63, 3.8) is 0 Å². The summed E-state index contributed by atoms with van der Waals surface area (Å²) in [6.07, 6.45) is 1.50. The highest BCUT2D eigenvalue weighted by Gasteiger charge is 2.21. The summed E-state index contributed by atoms with van der Waals surface area (Å²) in [5.41, 5.74) is 5.20. The number of hydrogen-bond donors (Lipinski definition) is 4. The lowest BCUT2D eigenvalue weighted by molar-refractivity contribution is -0.114. The molecule has 3 rings (SSSR count). The fraction of sp³-hybridized carbons (Fsp3) is 0.154. The number of aromatic amines is 1. The Labute approximate surface area is 113 Å². The maximum Gasteiger partial charge on any atom is 0.272 e. The molecule has 1 aromatic carbocycles. The van der Waals surface area contributed by atoms with Crippen molar-refractivity contribution in [2.75, 3.05) is 5.32 Å². The number of anilines is 1. The summed E-state index contributed by atoms with van der Waals surface area (Å²) in [6.45, 7) is 1.20. The van der Waals surface area contributed by atoms with Gasteiger partial charge in [0.15, 0.2) is 0 Å². The fourth-order valence-corrected chi connectivity index (χ4v) is 2.35. The van der Waals surface area contributed by atoms with Crippen molar-refractivity contribution in [3.8, 4) is 0 Å². The Morgan fingerprint density at radius 1 is 1.45 bits per heavy atom. The monoisotopic (exact) mass is 272 g/mol. The van der Waals surface area contributed by atoms with Gasteiger partial charge in [0.25, 0.3) is 5.91 Å². The van der Waals surface area contributed by atoms with Crippen molar-refractivity contribution in [1.82, 2.24) is 10.4 Å². The molecule has 0 bridgehead atoms. The number of carbonyl (C=O) groups excluding carboxylic acids is 2. The Bertz CT molecular complexity index is 761. The van der Waals surface area contributed by atoms with E-state index in [1.165, 1.54) is 13.1 Å². The summed E-state index contributed by atoms with van der Waals surface area (Å²) in [4.78, 5) is 26.2. The van der Waals surface area contributed by atoms with Crippen LogP contribution in [0.3, 0.4) is 0 Å². The first-order chi connectivity index (χ1) is 9.60. The SMILES string of the molecule is CC(=O)Nc1cc2c3c(c(CO)[nH]c3c1)C=NNC2=O. The molecule has 2 amide bonds. The van der Waals surface area contributed by atoms with Gasteiger partial charge >= 0.3 is 0 Å². The Balaban J connectivity index is 2.32. The van der Waals surface area contributed by atoms with Gasteiger partial charge in [0.05, 0.1) is 24.1 Å². The van der Waals surface area contributed by atoms with Gasteiger partial charge in [0, 0.05) is 29.1 Å². The van der Waals surface area contributed by atoms with Crippen LogP contribution in [0.2, 0.25) is 0 Å². The van der Waals surface area contributed by atoms with Gasteiger partial charge in [-0.25, -0.2) is 5.43 Å². The molecule has 0 aliphatic carbocycles. The van der Waals surface area contributed by atoms with E-state index in [0.29, 0.717) is 33.4 Å². The molecule has 0 saturated carbocycles. The van der Waals surface area contributed by atoms with Crippen LogP contribution in [-0.2, 0) is 11.4 Å². The molecule has 0 fully saturated rings. The van der Waals surface area contributed by atoms with Crippen LogP contribution in [0.1, 0.15) is 28.5 Å². The van der Waals surface area contributed by atoms with Crippen LogP contribution < -0.4 is 10.7 Å². The number of rotatable bonds is 2. The van der Waals surface area contributed by atoms with Crippen LogP contribution in [-0.4, -0.2) is 28.1 Å². The molecule has 2 aromatic rings. The lowest BCUT2D eigenvalue weighted by atomic mass is 10.0. The van der Waals surface area contributed by atoms with Crippen molar-refractivity contribution in [3.05, 3.63) is 29.0 Å². The van der Waals surface area contributed by atoms with Crippen molar-refractivity contribution in [1.29, 1.82) is 0 Å². The van der Waals surface area contributed by atoms with E-state index in [4.69, 9.17) is 0 Å². The molecule has 0 radical (unpaired) electrons. The number of amides is 2. The maximum absolute atomic E-state index is 12.0. The average Bonchev–Trinajstić information content (AvgIpc) is 2.65. The molecule has 1 aliphatic heterocycles. The standard InChI is InChI=1S/C13H12N4O3/c1-6(19)15-7-2-8-12-9(4-14-17-13(8)20)11(5-18)16-10(12)3-7/h2-4,16,18H,5H2,1H3,(H,15,19)(H,17,20). The first kappa shape index (κ1) is 12.4. The summed E-state index contributed by atoms with van der Waals surface area (Å²) in [7, 11) is 0.